The number of hydrogen-bond acceptors (Lipinski definition) is 4. The minimum Gasteiger partial charge on any atom is -0.477 e. The second-order valence-electron chi connectivity index (χ2n) is 4.54. The number of pyridine rings is 1. The van der Waals surface area contributed by atoms with Crippen molar-refractivity contribution in [3.63, 3.8) is 0 Å². The summed E-state index contributed by atoms with van der Waals surface area (Å²) in [7, 11) is 0. The van der Waals surface area contributed by atoms with Crippen LogP contribution in [0.1, 0.15) is 16.1 Å². The van der Waals surface area contributed by atoms with E-state index in [-0.39, 0.29) is 5.69 Å². The average Bonchev–Trinajstić information content (AvgIpc) is 2.88. The Morgan fingerprint density at radius 2 is 2.25 bits per heavy atom. The van der Waals surface area contributed by atoms with Crippen LogP contribution in [0.3, 0.4) is 0 Å². The van der Waals surface area contributed by atoms with E-state index >= 15 is 0 Å². The van der Waals surface area contributed by atoms with E-state index in [0.29, 0.717) is 5.25 Å². The number of carboxylic acids is 1. The molecule has 1 unspecified atom stereocenters. The van der Waals surface area contributed by atoms with Crippen molar-refractivity contribution in [3.8, 4) is 0 Å². The molecule has 0 bridgehead atoms. The average molecular weight is 303 g/mol. The fourth-order valence-corrected chi connectivity index (χ4v) is 4.56. The maximum Gasteiger partial charge on any atom is 0.354 e. The van der Waals surface area contributed by atoms with E-state index in [0.717, 1.165) is 17.1 Å². The molecule has 5 heteroatoms. The van der Waals surface area contributed by atoms with Crippen molar-refractivity contribution in [2.45, 2.75) is 21.5 Å². The number of benzene rings is 1. The second-order valence-corrected chi connectivity index (χ2v) is 6.98. The highest BCUT2D eigenvalue weighted by molar-refractivity contribution is 8.03. The molecule has 0 saturated carbocycles. The molecule has 0 saturated heterocycles. The molecular formula is C15H13NO2S2. The van der Waals surface area contributed by atoms with Crippen LogP contribution in [0, 0.1) is 0 Å². The largest absolute Gasteiger partial charge is 0.477 e. The Hall–Kier alpha value is -1.46. The van der Waals surface area contributed by atoms with Crippen molar-refractivity contribution in [1.82, 2.24) is 4.98 Å². The molecule has 1 aliphatic rings. The van der Waals surface area contributed by atoms with Gasteiger partial charge in [-0.1, -0.05) is 18.2 Å². The molecule has 3 rings (SSSR count). The molecule has 0 radical (unpaired) electrons. The van der Waals surface area contributed by atoms with Gasteiger partial charge in [-0.05, 0) is 30.2 Å². The summed E-state index contributed by atoms with van der Waals surface area (Å²) >= 11 is 3.61. The first-order chi connectivity index (χ1) is 9.72. The summed E-state index contributed by atoms with van der Waals surface area (Å²) in [5.41, 5.74) is 1.53. The third-order valence-electron chi connectivity index (χ3n) is 3.10. The van der Waals surface area contributed by atoms with Gasteiger partial charge in [0.2, 0.25) is 0 Å². The lowest BCUT2D eigenvalue weighted by Crippen LogP contribution is -2.04. The Bertz CT molecular complexity index is 620. The molecule has 20 heavy (non-hydrogen) atoms. The fraction of sp³-hybridized carbons (Fsp3) is 0.200. The Balaban J connectivity index is 1.61. The van der Waals surface area contributed by atoms with Gasteiger partial charge in [-0.15, -0.1) is 23.5 Å². The minimum atomic E-state index is -0.977. The third kappa shape index (κ3) is 2.99. The van der Waals surface area contributed by atoms with E-state index in [1.165, 1.54) is 10.5 Å². The summed E-state index contributed by atoms with van der Waals surface area (Å²) < 4.78 is 0. The van der Waals surface area contributed by atoms with Crippen LogP contribution >= 0.6 is 23.5 Å². The van der Waals surface area contributed by atoms with E-state index in [9.17, 15) is 4.79 Å². The number of thioether (sulfide) groups is 2. The summed E-state index contributed by atoms with van der Waals surface area (Å²) in [4.78, 5) is 17.1. The lowest BCUT2D eigenvalue weighted by Gasteiger charge is -2.08. The van der Waals surface area contributed by atoms with Crippen LogP contribution in [0.5, 0.6) is 0 Å². The van der Waals surface area contributed by atoms with Crippen molar-refractivity contribution in [2.24, 2.45) is 0 Å². The number of carbonyl (C=O) groups is 1. The molecule has 1 aromatic carbocycles. The predicted octanol–water partition coefficient (Wildman–Crippen LogP) is 3.59. The molecule has 1 aliphatic heterocycles. The van der Waals surface area contributed by atoms with Crippen LogP contribution in [-0.4, -0.2) is 27.1 Å². The Morgan fingerprint density at radius 3 is 3.05 bits per heavy atom. The number of nitrogens with zero attached hydrogens (tertiary/aromatic N) is 1. The molecule has 1 N–H and O–H groups in total. The fourth-order valence-electron chi connectivity index (χ4n) is 2.15. The third-order valence-corrected chi connectivity index (χ3v) is 5.79. The Morgan fingerprint density at radius 1 is 1.40 bits per heavy atom. The first kappa shape index (κ1) is 13.5. The highest BCUT2D eigenvalue weighted by atomic mass is 32.2. The molecule has 0 amide bonds. The number of fused-ring (bicyclic) bond motifs is 1. The predicted molar refractivity (Wildman–Crippen MR) is 81.7 cm³/mol. The lowest BCUT2D eigenvalue weighted by atomic mass is 10.1. The molecule has 102 valence electrons. The van der Waals surface area contributed by atoms with Crippen LogP contribution in [0.4, 0.5) is 0 Å². The van der Waals surface area contributed by atoms with Gasteiger partial charge in [-0.3, -0.25) is 0 Å². The normalized spacial score (nSPS) is 16.9. The maximum absolute atomic E-state index is 10.9. The van der Waals surface area contributed by atoms with E-state index < -0.39 is 5.97 Å². The van der Waals surface area contributed by atoms with Crippen LogP contribution in [0.25, 0.3) is 0 Å². The molecule has 3 nitrogen and oxygen atoms in total. The van der Waals surface area contributed by atoms with Gasteiger partial charge in [0.15, 0.2) is 0 Å². The zero-order chi connectivity index (χ0) is 13.9. The standard InChI is InChI=1S/C15H13NO2S2/c17-15(18)13-8-11(5-6-16-13)19-9-12-7-10-3-1-2-4-14(10)20-12/h1-6,8,12H,7,9H2,(H,17,18). The second kappa shape index (κ2) is 5.89. The van der Waals surface area contributed by atoms with Crippen molar-refractivity contribution in [2.75, 3.05) is 5.75 Å². The van der Waals surface area contributed by atoms with Gasteiger partial charge in [-0.2, -0.15) is 0 Å². The smallest absolute Gasteiger partial charge is 0.354 e. The van der Waals surface area contributed by atoms with Crippen LogP contribution in [-0.2, 0) is 6.42 Å². The van der Waals surface area contributed by atoms with Crippen LogP contribution in [0.15, 0.2) is 52.4 Å². The molecule has 0 aliphatic carbocycles. The summed E-state index contributed by atoms with van der Waals surface area (Å²) in [6.07, 6.45) is 2.65. The quantitative estimate of drug-likeness (QED) is 0.875. The van der Waals surface area contributed by atoms with Crippen LogP contribution < -0.4 is 0 Å². The van der Waals surface area contributed by atoms with E-state index in [4.69, 9.17) is 5.11 Å². The lowest BCUT2D eigenvalue weighted by molar-refractivity contribution is 0.0690. The number of hydrogen-bond donors (Lipinski definition) is 1. The van der Waals surface area contributed by atoms with Gasteiger partial charge in [0, 0.05) is 27.0 Å². The summed E-state index contributed by atoms with van der Waals surface area (Å²) in [5.74, 6) is -0.00214. The van der Waals surface area contributed by atoms with Gasteiger partial charge in [0.05, 0.1) is 0 Å². The van der Waals surface area contributed by atoms with E-state index in [2.05, 4.69) is 29.2 Å². The van der Waals surface area contributed by atoms with Crippen molar-refractivity contribution in [3.05, 3.63) is 53.9 Å². The van der Waals surface area contributed by atoms with E-state index in [1.807, 2.05) is 17.8 Å². The zero-order valence-corrected chi connectivity index (χ0v) is 12.3. The number of aromatic carboxylic acids is 1. The highest BCUT2D eigenvalue weighted by Crippen LogP contribution is 2.39. The molecule has 1 atom stereocenters. The maximum atomic E-state index is 10.9. The van der Waals surface area contributed by atoms with Gasteiger partial charge >= 0.3 is 5.97 Å². The molecule has 0 spiro atoms. The molecule has 0 fully saturated rings. The number of rotatable bonds is 4. The SMILES string of the molecule is O=C(O)c1cc(SCC2Cc3ccccc3S2)ccn1. The first-order valence-corrected chi connectivity index (χ1v) is 8.15. The monoisotopic (exact) mass is 303 g/mol. The van der Waals surface area contributed by atoms with Crippen LogP contribution in [0.2, 0.25) is 0 Å². The molecule has 2 heterocycles. The molecular weight excluding hydrogens is 290 g/mol. The van der Waals surface area contributed by atoms with Crippen molar-refractivity contribution >= 4 is 29.5 Å². The molecule has 2 aromatic rings. The highest BCUT2D eigenvalue weighted by Gasteiger charge is 2.21. The molecule has 1 aromatic heterocycles. The van der Waals surface area contributed by atoms with Gasteiger partial charge in [-0.25, -0.2) is 9.78 Å². The summed E-state index contributed by atoms with van der Waals surface area (Å²) in [5, 5.41) is 9.49. The number of aromatic nitrogens is 1. The Kier molecular flexibility index (Phi) is 3.98. The van der Waals surface area contributed by atoms with Gasteiger partial charge < -0.3 is 5.11 Å². The van der Waals surface area contributed by atoms with Crippen molar-refractivity contribution in [1.29, 1.82) is 0 Å². The van der Waals surface area contributed by atoms with Gasteiger partial charge in [0.1, 0.15) is 5.69 Å². The topological polar surface area (TPSA) is 50.2 Å². The minimum absolute atomic E-state index is 0.109. The van der Waals surface area contributed by atoms with Crippen molar-refractivity contribution < 1.29 is 9.90 Å². The zero-order valence-electron chi connectivity index (χ0n) is 10.7. The van der Waals surface area contributed by atoms with Gasteiger partial charge in [0.25, 0.3) is 0 Å². The summed E-state index contributed by atoms with van der Waals surface area (Å²) in [6, 6.07) is 12.0. The van der Waals surface area contributed by atoms with E-state index in [1.54, 1.807) is 24.0 Å². The Labute approximate surface area is 125 Å². The summed E-state index contributed by atoms with van der Waals surface area (Å²) in [6.45, 7) is 0. The number of carboxylic acid groups (broad SMARTS) is 1. The first-order valence-electron chi connectivity index (χ1n) is 6.29.